The van der Waals surface area contributed by atoms with Gasteiger partial charge in [0.05, 0.1) is 24.1 Å². The number of benzene rings is 3. The van der Waals surface area contributed by atoms with Gasteiger partial charge < -0.3 is 14.6 Å². The zero-order valence-corrected chi connectivity index (χ0v) is 22.6. The van der Waals surface area contributed by atoms with E-state index in [1.807, 2.05) is 24.3 Å². The highest BCUT2D eigenvalue weighted by molar-refractivity contribution is 8.18. The second-order valence-corrected chi connectivity index (χ2v) is 10.2. The zero-order valence-electron chi connectivity index (χ0n) is 21.0. The number of hydrogen-bond acceptors (Lipinski definition) is 6. The molecule has 0 bridgehead atoms. The summed E-state index contributed by atoms with van der Waals surface area (Å²) in [5.41, 5.74) is 2.33. The number of imide groups is 1. The van der Waals surface area contributed by atoms with Crippen molar-refractivity contribution in [3.8, 4) is 0 Å². The quantitative estimate of drug-likeness (QED) is 0.211. The first-order chi connectivity index (χ1) is 19.2. The molecular weight excluding hydrogens is 557 g/mol. The highest BCUT2D eigenvalue weighted by Crippen LogP contribution is 2.36. The second-order valence-electron chi connectivity index (χ2n) is 8.81. The molecule has 1 N–H and O–H groups in total. The SMILES string of the molecule is COC(=O)c1ccc(NC(=O)Cn2cc(/C=C3\SC(=O)N(Cc4c(F)cccc4Cl)C3=O)c3ccccc32)cc1. The Morgan fingerprint density at radius 3 is 2.52 bits per heavy atom. The van der Waals surface area contributed by atoms with E-state index in [0.717, 1.165) is 27.6 Å². The number of nitrogens with one attached hydrogen (secondary N) is 1. The van der Waals surface area contributed by atoms with E-state index < -0.39 is 22.9 Å². The molecule has 1 fully saturated rings. The summed E-state index contributed by atoms with van der Waals surface area (Å²) in [4.78, 5) is 51.3. The number of carbonyl (C=O) groups is 4. The summed E-state index contributed by atoms with van der Waals surface area (Å²) in [6.45, 7) is -0.309. The maximum absolute atomic E-state index is 14.3. The van der Waals surface area contributed by atoms with Gasteiger partial charge in [-0.05, 0) is 60.3 Å². The van der Waals surface area contributed by atoms with Crippen LogP contribution >= 0.6 is 23.4 Å². The number of nitrogens with zero attached hydrogens (tertiary/aromatic N) is 2. The smallest absolute Gasteiger partial charge is 0.337 e. The number of thioether (sulfide) groups is 1. The molecule has 8 nitrogen and oxygen atoms in total. The minimum atomic E-state index is -0.601. The summed E-state index contributed by atoms with van der Waals surface area (Å²) >= 11 is 6.85. The Balaban J connectivity index is 1.36. The molecule has 0 saturated carbocycles. The van der Waals surface area contributed by atoms with Crippen LogP contribution in [-0.2, 0) is 27.4 Å². The topological polar surface area (TPSA) is 97.7 Å². The number of ether oxygens (including phenoxy) is 1. The first kappa shape index (κ1) is 27.2. The number of aromatic nitrogens is 1. The average Bonchev–Trinajstić information content (AvgIpc) is 3.41. The van der Waals surface area contributed by atoms with Crippen LogP contribution in [0.3, 0.4) is 0 Å². The highest BCUT2D eigenvalue weighted by atomic mass is 35.5. The molecule has 2 heterocycles. The molecule has 5 rings (SSSR count). The van der Waals surface area contributed by atoms with Crippen LogP contribution in [0, 0.1) is 5.82 Å². The van der Waals surface area contributed by atoms with Crippen molar-refractivity contribution < 1.29 is 28.3 Å². The standard InChI is InChI=1S/C29H21ClFN3O5S/c1-39-28(37)17-9-11-19(12-10-17)32-26(35)16-33-14-18(20-5-2-3-8-24(20)33)13-25-27(36)34(29(38)40-25)15-21-22(30)6-4-7-23(21)31/h2-14H,15-16H2,1H3,(H,32,35)/b25-13-. The van der Waals surface area contributed by atoms with E-state index in [4.69, 9.17) is 11.6 Å². The second kappa shape index (κ2) is 11.4. The van der Waals surface area contributed by atoms with Crippen molar-refractivity contribution >= 4 is 69.1 Å². The van der Waals surface area contributed by atoms with E-state index in [2.05, 4.69) is 10.1 Å². The largest absolute Gasteiger partial charge is 0.465 e. The van der Waals surface area contributed by atoms with Crippen LogP contribution in [0.4, 0.5) is 14.9 Å². The van der Waals surface area contributed by atoms with Crippen LogP contribution in [-0.4, -0.2) is 39.6 Å². The number of halogens is 2. The third kappa shape index (κ3) is 5.49. The fourth-order valence-corrected chi connectivity index (χ4v) is 5.35. The Morgan fingerprint density at radius 2 is 1.80 bits per heavy atom. The van der Waals surface area contributed by atoms with Crippen LogP contribution in [0.1, 0.15) is 21.5 Å². The van der Waals surface area contributed by atoms with E-state index in [0.29, 0.717) is 16.8 Å². The zero-order chi connectivity index (χ0) is 28.4. The summed E-state index contributed by atoms with van der Waals surface area (Å²) < 4.78 is 20.7. The van der Waals surface area contributed by atoms with Gasteiger partial charge in [0.15, 0.2) is 0 Å². The summed E-state index contributed by atoms with van der Waals surface area (Å²) in [6, 6.07) is 17.8. The van der Waals surface area contributed by atoms with Gasteiger partial charge in [0.2, 0.25) is 5.91 Å². The third-order valence-corrected chi connectivity index (χ3v) is 7.52. The lowest BCUT2D eigenvalue weighted by molar-refractivity contribution is -0.123. The van der Waals surface area contributed by atoms with Gasteiger partial charge in [-0.1, -0.05) is 35.9 Å². The number of para-hydroxylation sites is 1. The van der Waals surface area contributed by atoms with Gasteiger partial charge in [-0.15, -0.1) is 0 Å². The molecule has 202 valence electrons. The maximum Gasteiger partial charge on any atom is 0.337 e. The van der Waals surface area contributed by atoms with Crippen molar-refractivity contribution in [3.05, 3.63) is 105 Å². The molecule has 11 heteroatoms. The lowest BCUT2D eigenvalue weighted by atomic mass is 10.1. The van der Waals surface area contributed by atoms with Gasteiger partial charge in [0, 0.05) is 38.9 Å². The molecular formula is C29H21ClFN3O5S. The molecule has 3 aromatic carbocycles. The lowest BCUT2D eigenvalue weighted by Gasteiger charge is -2.14. The van der Waals surface area contributed by atoms with Crippen LogP contribution in [0.15, 0.2) is 77.8 Å². The fourth-order valence-electron chi connectivity index (χ4n) is 4.30. The Bertz CT molecular complexity index is 1680. The van der Waals surface area contributed by atoms with E-state index in [1.165, 1.54) is 25.3 Å². The Kier molecular flexibility index (Phi) is 7.72. The van der Waals surface area contributed by atoms with E-state index in [1.54, 1.807) is 41.1 Å². The molecule has 4 aromatic rings. The molecule has 40 heavy (non-hydrogen) atoms. The number of fused-ring (bicyclic) bond motifs is 1. The van der Waals surface area contributed by atoms with Gasteiger partial charge >= 0.3 is 5.97 Å². The molecule has 0 spiro atoms. The van der Waals surface area contributed by atoms with Crippen molar-refractivity contribution in [2.75, 3.05) is 12.4 Å². The predicted octanol–water partition coefficient (Wildman–Crippen LogP) is 6.10. The van der Waals surface area contributed by atoms with Crippen molar-refractivity contribution in [1.29, 1.82) is 0 Å². The van der Waals surface area contributed by atoms with Crippen LogP contribution in [0.2, 0.25) is 5.02 Å². The first-order valence-corrected chi connectivity index (χ1v) is 13.2. The number of anilines is 1. The molecule has 0 aliphatic carbocycles. The van der Waals surface area contributed by atoms with Crippen molar-refractivity contribution in [2.45, 2.75) is 13.1 Å². The van der Waals surface area contributed by atoms with E-state index >= 15 is 0 Å². The van der Waals surface area contributed by atoms with E-state index in [9.17, 15) is 23.6 Å². The molecule has 0 unspecified atom stereocenters. The summed E-state index contributed by atoms with van der Waals surface area (Å²) in [5, 5.41) is 3.17. The molecule has 1 aliphatic rings. The minimum absolute atomic E-state index is 0.0274. The number of esters is 1. The molecule has 1 aromatic heterocycles. The van der Waals surface area contributed by atoms with E-state index in [-0.39, 0.29) is 34.5 Å². The highest BCUT2D eigenvalue weighted by Gasteiger charge is 2.36. The summed E-state index contributed by atoms with van der Waals surface area (Å²) in [5.74, 6) is -1.94. The molecule has 0 atom stereocenters. The maximum atomic E-state index is 14.3. The Morgan fingerprint density at radius 1 is 1.05 bits per heavy atom. The number of methoxy groups -OCH3 is 1. The summed E-state index contributed by atoms with van der Waals surface area (Å²) in [6.07, 6.45) is 3.32. The fraction of sp³-hybridized carbons (Fsp3) is 0.103. The Labute approximate surface area is 237 Å². The number of amides is 3. The van der Waals surface area contributed by atoms with Gasteiger partial charge in [0.1, 0.15) is 12.4 Å². The van der Waals surface area contributed by atoms with Gasteiger partial charge in [0.25, 0.3) is 11.1 Å². The Hall–Kier alpha value is -4.41. The number of hydrogen-bond donors (Lipinski definition) is 1. The molecule has 1 aliphatic heterocycles. The monoisotopic (exact) mass is 577 g/mol. The van der Waals surface area contributed by atoms with Crippen LogP contribution in [0.5, 0.6) is 0 Å². The van der Waals surface area contributed by atoms with Crippen LogP contribution < -0.4 is 5.32 Å². The van der Waals surface area contributed by atoms with Gasteiger partial charge in [-0.3, -0.25) is 19.3 Å². The van der Waals surface area contributed by atoms with Crippen molar-refractivity contribution in [3.63, 3.8) is 0 Å². The lowest BCUT2D eigenvalue weighted by Crippen LogP contribution is -2.28. The molecule has 0 radical (unpaired) electrons. The van der Waals surface area contributed by atoms with Crippen molar-refractivity contribution in [2.24, 2.45) is 0 Å². The summed E-state index contributed by atoms with van der Waals surface area (Å²) in [7, 11) is 1.29. The van der Waals surface area contributed by atoms with Crippen LogP contribution in [0.25, 0.3) is 17.0 Å². The average molecular weight is 578 g/mol. The molecule has 1 saturated heterocycles. The first-order valence-electron chi connectivity index (χ1n) is 12.0. The van der Waals surface area contributed by atoms with Gasteiger partial charge in [-0.2, -0.15) is 0 Å². The molecule has 3 amide bonds. The third-order valence-electron chi connectivity index (χ3n) is 6.26. The number of carbonyl (C=O) groups excluding carboxylic acids is 4. The van der Waals surface area contributed by atoms with Crippen molar-refractivity contribution in [1.82, 2.24) is 9.47 Å². The predicted molar refractivity (Wildman–Crippen MR) is 151 cm³/mol. The normalized spacial score (nSPS) is 14.3. The minimum Gasteiger partial charge on any atom is -0.465 e. The number of rotatable bonds is 7. The van der Waals surface area contributed by atoms with Gasteiger partial charge in [-0.25, -0.2) is 9.18 Å².